The zero-order chi connectivity index (χ0) is 17.4. The summed E-state index contributed by atoms with van der Waals surface area (Å²) in [6, 6.07) is 16.5. The first-order chi connectivity index (χ1) is 11.6. The number of benzene rings is 2. The van der Waals surface area contributed by atoms with Crippen LogP contribution in [0.1, 0.15) is 18.9 Å². The number of ether oxygens (including phenoxy) is 2. The molecule has 0 spiro atoms. The van der Waals surface area contributed by atoms with E-state index in [2.05, 4.69) is 15.9 Å². The third-order valence-electron chi connectivity index (χ3n) is 3.78. The summed E-state index contributed by atoms with van der Waals surface area (Å²) >= 11 is 3.31. The molecular formula is C19H21BrO4. The predicted molar refractivity (Wildman–Crippen MR) is 97.2 cm³/mol. The molecule has 0 radical (unpaired) electrons. The van der Waals surface area contributed by atoms with E-state index in [4.69, 9.17) is 9.47 Å². The molecule has 24 heavy (non-hydrogen) atoms. The van der Waals surface area contributed by atoms with E-state index in [9.17, 15) is 9.90 Å². The second kappa shape index (κ2) is 8.73. The molecule has 0 saturated carbocycles. The third kappa shape index (κ3) is 4.74. The molecule has 0 heterocycles. The summed E-state index contributed by atoms with van der Waals surface area (Å²) in [6.45, 7) is 2.41. The zero-order valence-electron chi connectivity index (χ0n) is 13.6. The molecule has 1 unspecified atom stereocenters. The second-order valence-corrected chi connectivity index (χ2v) is 6.22. The molecule has 2 rings (SSSR count). The van der Waals surface area contributed by atoms with Gasteiger partial charge in [-0.25, -0.2) is 4.79 Å². The molecule has 0 bridgehead atoms. The molecule has 4 nitrogen and oxygen atoms in total. The van der Waals surface area contributed by atoms with Crippen LogP contribution in [0.4, 0.5) is 0 Å². The van der Waals surface area contributed by atoms with Gasteiger partial charge in [0.25, 0.3) is 0 Å². The number of rotatable bonds is 9. The number of hydrogen-bond acceptors (Lipinski definition) is 3. The summed E-state index contributed by atoms with van der Waals surface area (Å²) < 4.78 is 11.4. The lowest BCUT2D eigenvalue weighted by Gasteiger charge is -2.29. The minimum atomic E-state index is -1.29. The average molecular weight is 393 g/mol. The maximum Gasteiger partial charge on any atom is 0.348 e. The normalized spacial score (nSPS) is 13.1. The number of carbonyl (C=O) groups is 1. The molecule has 0 aromatic heterocycles. The Morgan fingerprint density at radius 1 is 1.08 bits per heavy atom. The van der Waals surface area contributed by atoms with Crippen LogP contribution in [0, 0.1) is 0 Å². The molecule has 2 aromatic rings. The SMILES string of the molecule is CCC(Cc1ccc(OCCBr)cc1)(Oc1ccccc1)C(=O)O. The third-order valence-corrected chi connectivity index (χ3v) is 4.10. The van der Waals surface area contributed by atoms with E-state index in [0.717, 1.165) is 16.6 Å². The number of carboxylic acid groups (broad SMARTS) is 1. The maximum atomic E-state index is 11.9. The van der Waals surface area contributed by atoms with Crippen LogP contribution in [-0.4, -0.2) is 28.6 Å². The highest BCUT2D eigenvalue weighted by Crippen LogP contribution is 2.27. The fourth-order valence-corrected chi connectivity index (χ4v) is 2.57. The number of aliphatic carboxylic acids is 1. The summed E-state index contributed by atoms with van der Waals surface area (Å²) in [4.78, 5) is 11.9. The minimum absolute atomic E-state index is 0.284. The van der Waals surface area contributed by atoms with Gasteiger partial charge >= 0.3 is 5.97 Å². The molecular weight excluding hydrogens is 372 g/mol. The van der Waals surface area contributed by atoms with Gasteiger partial charge in [0.05, 0.1) is 6.61 Å². The predicted octanol–water partition coefficient (Wildman–Crippen LogP) is 4.32. The largest absolute Gasteiger partial charge is 0.493 e. The lowest BCUT2D eigenvalue weighted by Crippen LogP contribution is -2.46. The van der Waals surface area contributed by atoms with Gasteiger partial charge in [0.2, 0.25) is 5.60 Å². The van der Waals surface area contributed by atoms with Crippen LogP contribution in [0.2, 0.25) is 0 Å². The van der Waals surface area contributed by atoms with Gasteiger partial charge in [0.1, 0.15) is 11.5 Å². The minimum Gasteiger partial charge on any atom is -0.493 e. The number of carboxylic acids is 1. The first-order valence-corrected chi connectivity index (χ1v) is 8.97. The Bertz CT molecular complexity index is 642. The van der Waals surface area contributed by atoms with E-state index < -0.39 is 11.6 Å². The van der Waals surface area contributed by atoms with Crippen molar-refractivity contribution in [2.45, 2.75) is 25.4 Å². The quantitative estimate of drug-likeness (QED) is 0.645. The van der Waals surface area contributed by atoms with Crippen molar-refractivity contribution < 1.29 is 19.4 Å². The van der Waals surface area contributed by atoms with E-state index >= 15 is 0 Å². The van der Waals surface area contributed by atoms with Crippen molar-refractivity contribution in [3.8, 4) is 11.5 Å². The van der Waals surface area contributed by atoms with E-state index in [1.165, 1.54) is 0 Å². The van der Waals surface area contributed by atoms with Gasteiger partial charge in [-0.05, 0) is 36.2 Å². The van der Waals surface area contributed by atoms with Gasteiger partial charge in [-0.3, -0.25) is 0 Å². The molecule has 0 aliphatic rings. The molecule has 0 aliphatic carbocycles. The van der Waals surface area contributed by atoms with Gasteiger partial charge < -0.3 is 14.6 Å². The van der Waals surface area contributed by atoms with Crippen molar-refractivity contribution >= 4 is 21.9 Å². The Kier molecular flexibility index (Phi) is 6.67. The second-order valence-electron chi connectivity index (χ2n) is 5.43. The van der Waals surface area contributed by atoms with Crippen molar-refractivity contribution in [2.75, 3.05) is 11.9 Å². The molecule has 1 atom stereocenters. The van der Waals surface area contributed by atoms with Crippen LogP contribution >= 0.6 is 15.9 Å². The van der Waals surface area contributed by atoms with E-state index in [1.54, 1.807) is 12.1 Å². The highest BCUT2D eigenvalue weighted by Gasteiger charge is 2.39. The number of alkyl halides is 1. The summed E-state index contributed by atoms with van der Waals surface area (Å²) in [6.07, 6.45) is 0.644. The fourth-order valence-electron chi connectivity index (χ4n) is 2.41. The first-order valence-electron chi connectivity index (χ1n) is 7.85. The van der Waals surface area contributed by atoms with E-state index in [-0.39, 0.29) is 6.42 Å². The van der Waals surface area contributed by atoms with Crippen LogP contribution in [0.5, 0.6) is 11.5 Å². The maximum absolute atomic E-state index is 11.9. The summed E-state index contributed by atoms with van der Waals surface area (Å²) in [5, 5.41) is 10.5. The Labute approximate surface area is 150 Å². The van der Waals surface area contributed by atoms with Crippen LogP contribution in [-0.2, 0) is 11.2 Å². The van der Waals surface area contributed by atoms with Crippen LogP contribution < -0.4 is 9.47 Å². The summed E-state index contributed by atoms with van der Waals surface area (Å²) in [5.41, 5.74) is -0.402. The molecule has 0 aliphatic heterocycles. The van der Waals surface area contributed by atoms with Crippen LogP contribution in [0.15, 0.2) is 54.6 Å². The topological polar surface area (TPSA) is 55.8 Å². The lowest BCUT2D eigenvalue weighted by atomic mass is 9.91. The van der Waals surface area contributed by atoms with Crippen molar-refractivity contribution in [3.05, 3.63) is 60.2 Å². The molecule has 0 amide bonds. The standard InChI is InChI=1S/C19H21BrO4/c1-2-19(18(21)22,24-17-6-4-3-5-7-17)14-15-8-10-16(11-9-15)23-13-12-20/h3-11H,2,12-14H2,1H3,(H,21,22). The molecule has 0 saturated heterocycles. The molecule has 0 fully saturated rings. The van der Waals surface area contributed by atoms with Gasteiger partial charge in [-0.15, -0.1) is 0 Å². The van der Waals surface area contributed by atoms with E-state index in [0.29, 0.717) is 18.8 Å². The van der Waals surface area contributed by atoms with Crippen LogP contribution in [0.25, 0.3) is 0 Å². The lowest BCUT2D eigenvalue weighted by molar-refractivity contribution is -0.155. The highest BCUT2D eigenvalue weighted by atomic mass is 79.9. The van der Waals surface area contributed by atoms with Gasteiger partial charge in [0, 0.05) is 11.8 Å². The van der Waals surface area contributed by atoms with Crippen molar-refractivity contribution in [3.63, 3.8) is 0 Å². The average Bonchev–Trinajstić information content (AvgIpc) is 2.61. The number of hydrogen-bond donors (Lipinski definition) is 1. The Balaban J connectivity index is 2.17. The van der Waals surface area contributed by atoms with Crippen molar-refractivity contribution in [1.29, 1.82) is 0 Å². The van der Waals surface area contributed by atoms with Crippen molar-refractivity contribution in [1.82, 2.24) is 0 Å². The van der Waals surface area contributed by atoms with Crippen LogP contribution in [0.3, 0.4) is 0 Å². The van der Waals surface area contributed by atoms with Gasteiger partial charge in [0.15, 0.2) is 0 Å². The first kappa shape index (κ1) is 18.3. The fraction of sp³-hybridized carbons (Fsp3) is 0.316. The zero-order valence-corrected chi connectivity index (χ0v) is 15.2. The number of halogens is 1. The summed E-state index contributed by atoms with van der Waals surface area (Å²) in [5.74, 6) is 0.354. The Morgan fingerprint density at radius 2 is 1.75 bits per heavy atom. The Morgan fingerprint density at radius 3 is 2.29 bits per heavy atom. The molecule has 5 heteroatoms. The highest BCUT2D eigenvalue weighted by molar-refractivity contribution is 9.09. The van der Waals surface area contributed by atoms with Gasteiger partial charge in [-0.2, -0.15) is 0 Å². The van der Waals surface area contributed by atoms with Crippen molar-refractivity contribution in [2.24, 2.45) is 0 Å². The number of para-hydroxylation sites is 1. The Hall–Kier alpha value is -2.01. The van der Waals surface area contributed by atoms with Gasteiger partial charge in [-0.1, -0.05) is 53.2 Å². The smallest absolute Gasteiger partial charge is 0.348 e. The molecule has 1 N–H and O–H groups in total. The molecule has 2 aromatic carbocycles. The van der Waals surface area contributed by atoms with E-state index in [1.807, 2.05) is 49.4 Å². The monoisotopic (exact) mass is 392 g/mol. The summed E-state index contributed by atoms with van der Waals surface area (Å²) in [7, 11) is 0. The molecule has 128 valence electrons.